The lowest BCUT2D eigenvalue weighted by molar-refractivity contribution is -0.143. The van der Waals surface area contributed by atoms with Crippen molar-refractivity contribution in [2.45, 2.75) is 52.7 Å². The number of nitrogens with zero attached hydrogens (tertiary/aromatic N) is 2. The zero-order valence-electron chi connectivity index (χ0n) is 17.8. The van der Waals surface area contributed by atoms with E-state index in [0.29, 0.717) is 16.8 Å². The van der Waals surface area contributed by atoms with Gasteiger partial charge in [0.1, 0.15) is 0 Å². The van der Waals surface area contributed by atoms with Crippen LogP contribution in [0.1, 0.15) is 55.4 Å². The molecule has 0 saturated heterocycles. The Morgan fingerprint density at radius 2 is 1.83 bits per heavy atom. The molecular formula is C25H26N2O3. The molecule has 5 nitrogen and oxygen atoms in total. The standard InChI is InChI=1S/C25H26N2O3/c1-16(2)30-25(29)24-18(4)27(15-20-11-7-6-10-19(20)14-26)23(28)13-22(24)21-12-8-5-9-17(21)3/h5-12,16,22H,13,15H2,1-4H3. The van der Waals surface area contributed by atoms with Gasteiger partial charge in [-0.05, 0) is 50.5 Å². The van der Waals surface area contributed by atoms with Gasteiger partial charge in [-0.1, -0.05) is 42.5 Å². The SMILES string of the molecule is CC1=C(C(=O)OC(C)C)C(c2ccccc2C)CC(=O)N1Cc1ccccc1C#N. The molecule has 5 heteroatoms. The van der Waals surface area contributed by atoms with Crippen LogP contribution in [0.5, 0.6) is 0 Å². The van der Waals surface area contributed by atoms with Gasteiger partial charge < -0.3 is 9.64 Å². The van der Waals surface area contributed by atoms with Crippen molar-refractivity contribution >= 4 is 11.9 Å². The van der Waals surface area contributed by atoms with Gasteiger partial charge in [-0.15, -0.1) is 0 Å². The number of amides is 1. The number of esters is 1. The Kier molecular flexibility index (Phi) is 6.37. The number of rotatable bonds is 5. The van der Waals surface area contributed by atoms with Crippen molar-refractivity contribution in [3.63, 3.8) is 0 Å². The number of carbonyl (C=O) groups is 2. The first-order valence-electron chi connectivity index (χ1n) is 10.1. The minimum Gasteiger partial charge on any atom is -0.460 e. The highest BCUT2D eigenvalue weighted by Crippen LogP contribution is 2.39. The summed E-state index contributed by atoms with van der Waals surface area (Å²) in [5.41, 5.74) is 4.34. The molecule has 1 heterocycles. The monoisotopic (exact) mass is 402 g/mol. The summed E-state index contributed by atoms with van der Waals surface area (Å²) in [5, 5.41) is 9.40. The lowest BCUT2D eigenvalue weighted by Crippen LogP contribution is -2.38. The molecule has 1 aliphatic rings. The lowest BCUT2D eigenvalue weighted by Gasteiger charge is -2.35. The minimum atomic E-state index is -0.401. The van der Waals surface area contributed by atoms with E-state index in [1.807, 2.05) is 57.2 Å². The Bertz CT molecular complexity index is 1050. The number of carbonyl (C=O) groups excluding carboxylic acids is 2. The quantitative estimate of drug-likeness (QED) is 0.685. The first-order valence-corrected chi connectivity index (χ1v) is 10.1. The molecule has 3 rings (SSSR count). The number of allylic oxidation sites excluding steroid dienone is 1. The molecule has 30 heavy (non-hydrogen) atoms. The average Bonchev–Trinajstić information content (AvgIpc) is 2.70. The third-order valence-corrected chi connectivity index (χ3v) is 5.42. The second-order valence-electron chi connectivity index (χ2n) is 7.82. The number of benzene rings is 2. The molecule has 0 spiro atoms. The zero-order chi connectivity index (χ0) is 21.8. The highest BCUT2D eigenvalue weighted by atomic mass is 16.5. The van der Waals surface area contributed by atoms with Gasteiger partial charge in [0, 0.05) is 18.0 Å². The third-order valence-electron chi connectivity index (χ3n) is 5.42. The minimum absolute atomic E-state index is 0.0745. The van der Waals surface area contributed by atoms with Crippen LogP contribution < -0.4 is 0 Å². The first-order chi connectivity index (χ1) is 14.3. The van der Waals surface area contributed by atoms with E-state index < -0.39 is 5.97 Å². The van der Waals surface area contributed by atoms with Gasteiger partial charge in [0.15, 0.2) is 0 Å². The molecule has 2 aromatic carbocycles. The van der Waals surface area contributed by atoms with E-state index in [-0.39, 0.29) is 30.9 Å². The summed E-state index contributed by atoms with van der Waals surface area (Å²) in [6.07, 6.45) is -0.0832. The number of ether oxygens (including phenoxy) is 1. The molecule has 0 N–H and O–H groups in total. The largest absolute Gasteiger partial charge is 0.460 e. The Hall–Kier alpha value is -3.39. The maximum absolute atomic E-state index is 13.2. The highest BCUT2D eigenvalue weighted by Gasteiger charge is 2.37. The second-order valence-corrected chi connectivity index (χ2v) is 7.82. The van der Waals surface area contributed by atoms with Crippen LogP contribution in [0.25, 0.3) is 0 Å². The van der Waals surface area contributed by atoms with Crippen molar-refractivity contribution in [2.75, 3.05) is 0 Å². The molecule has 0 radical (unpaired) electrons. The molecular weight excluding hydrogens is 376 g/mol. The average molecular weight is 402 g/mol. The van der Waals surface area contributed by atoms with E-state index in [1.165, 1.54) is 0 Å². The smallest absolute Gasteiger partial charge is 0.336 e. The van der Waals surface area contributed by atoms with Gasteiger partial charge in [-0.25, -0.2) is 4.79 Å². The second kappa shape index (κ2) is 8.96. The van der Waals surface area contributed by atoms with Crippen molar-refractivity contribution in [2.24, 2.45) is 0 Å². The van der Waals surface area contributed by atoms with E-state index >= 15 is 0 Å². The van der Waals surface area contributed by atoms with Gasteiger partial charge in [0.2, 0.25) is 5.91 Å². The number of aryl methyl sites for hydroxylation is 1. The van der Waals surface area contributed by atoms with E-state index in [1.54, 1.807) is 24.0 Å². The van der Waals surface area contributed by atoms with Crippen LogP contribution >= 0.6 is 0 Å². The number of hydrogen-bond donors (Lipinski definition) is 0. The van der Waals surface area contributed by atoms with Crippen LogP contribution in [0.3, 0.4) is 0 Å². The summed E-state index contributed by atoms with van der Waals surface area (Å²) in [6.45, 7) is 7.63. The van der Waals surface area contributed by atoms with Gasteiger partial charge in [-0.3, -0.25) is 4.79 Å². The van der Waals surface area contributed by atoms with E-state index in [9.17, 15) is 14.9 Å². The first kappa shape index (κ1) is 21.3. The maximum atomic E-state index is 13.2. The summed E-state index contributed by atoms with van der Waals surface area (Å²) in [5.74, 6) is -0.830. The molecule has 0 aliphatic carbocycles. The number of hydrogen-bond acceptors (Lipinski definition) is 4. The van der Waals surface area contributed by atoms with E-state index in [4.69, 9.17) is 4.74 Å². The van der Waals surface area contributed by atoms with Crippen molar-refractivity contribution in [1.82, 2.24) is 4.90 Å². The van der Waals surface area contributed by atoms with E-state index in [0.717, 1.165) is 16.7 Å². The Morgan fingerprint density at radius 3 is 2.50 bits per heavy atom. The molecule has 1 atom stereocenters. The summed E-state index contributed by atoms with van der Waals surface area (Å²) < 4.78 is 5.54. The molecule has 0 saturated carbocycles. The van der Waals surface area contributed by atoms with Gasteiger partial charge in [0.05, 0.1) is 29.9 Å². The zero-order valence-corrected chi connectivity index (χ0v) is 17.8. The Balaban J connectivity index is 2.09. The lowest BCUT2D eigenvalue weighted by atomic mass is 9.81. The summed E-state index contributed by atoms with van der Waals surface area (Å²) in [4.78, 5) is 27.8. The predicted molar refractivity (Wildman–Crippen MR) is 114 cm³/mol. The van der Waals surface area contributed by atoms with E-state index in [2.05, 4.69) is 6.07 Å². The Morgan fingerprint density at radius 1 is 1.17 bits per heavy atom. The van der Waals surface area contributed by atoms with Crippen LogP contribution in [-0.2, 0) is 20.9 Å². The summed E-state index contributed by atoms with van der Waals surface area (Å²) >= 11 is 0. The van der Waals surface area contributed by atoms with Crippen LogP contribution in [-0.4, -0.2) is 22.9 Å². The maximum Gasteiger partial charge on any atom is 0.336 e. The normalized spacial score (nSPS) is 16.6. The van der Waals surface area contributed by atoms with Crippen molar-refractivity contribution < 1.29 is 14.3 Å². The summed E-state index contributed by atoms with van der Waals surface area (Å²) in [6, 6.07) is 17.2. The topological polar surface area (TPSA) is 70.4 Å². The van der Waals surface area contributed by atoms with Crippen molar-refractivity contribution in [3.8, 4) is 6.07 Å². The Labute approximate surface area is 177 Å². The fourth-order valence-electron chi connectivity index (χ4n) is 3.93. The molecule has 0 fully saturated rings. The molecule has 1 amide bonds. The fourth-order valence-corrected chi connectivity index (χ4v) is 3.93. The summed E-state index contributed by atoms with van der Waals surface area (Å²) in [7, 11) is 0. The third kappa shape index (κ3) is 4.28. The molecule has 1 aliphatic heterocycles. The molecule has 0 bridgehead atoms. The molecule has 154 valence electrons. The van der Waals surface area contributed by atoms with Gasteiger partial charge >= 0.3 is 5.97 Å². The molecule has 1 unspecified atom stereocenters. The molecule has 0 aromatic heterocycles. The predicted octanol–water partition coefficient (Wildman–Crippen LogP) is 4.61. The molecule has 2 aromatic rings. The van der Waals surface area contributed by atoms with Crippen LogP contribution in [0, 0.1) is 18.3 Å². The van der Waals surface area contributed by atoms with Gasteiger partial charge in [-0.2, -0.15) is 5.26 Å². The van der Waals surface area contributed by atoms with Crippen LogP contribution in [0.15, 0.2) is 59.8 Å². The van der Waals surface area contributed by atoms with Crippen LogP contribution in [0.4, 0.5) is 0 Å². The van der Waals surface area contributed by atoms with Gasteiger partial charge in [0.25, 0.3) is 0 Å². The van der Waals surface area contributed by atoms with Crippen LogP contribution in [0.2, 0.25) is 0 Å². The van der Waals surface area contributed by atoms with Crippen molar-refractivity contribution in [1.29, 1.82) is 5.26 Å². The van der Waals surface area contributed by atoms with Crippen molar-refractivity contribution in [3.05, 3.63) is 82.1 Å². The fraction of sp³-hybridized carbons (Fsp3) is 0.320. The number of nitriles is 1. The highest BCUT2D eigenvalue weighted by molar-refractivity contribution is 5.96.